The van der Waals surface area contributed by atoms with E-state index in [4.69, 9.17) is 0 Å². The number of hydrogen-bond donors (Lipinski definition) is 2. The molecule has 2 atom stereocenters. The van der Waals surface area contributed by atoms with Gasteiger partial charge in [-0.1, -0.05) is 18.2 Å². The number of para-hydroxylation sites is 1. The predicted octanol–water partition coefficient (Wildman–Crippen LogP) is 2.21. The zero-order valence-corrected chi connectivity index (χ0v) is 16.5. The number of likely N-dealkylation sites (N-methyl/N-ethyl adjacent to an activating group) is 1. The second-order valence-electron chi connectivity index (χ2n) is 6.85. The Labute approximate surface area is 169 Å². The highest BCUT2D eigenvalue weighted by Gasteiger charge is 2.57. The van der Waals surface area contributed by atoms with E-state index in [0.29, 0.717) is 0 Å². The fourth-order valence-corrected chi connectivity index (χ4v) is 3.63. The summed E-state index contributed by atoms with van der Waals surface area (Å²) < 4.78 is 31.8. The van der Waals surface area contributed by atoms with Crippen LogP contribution >= 0.6 is 0 Å². The number of hydrogen-bond acceptors (Lipinski definition) is 6. The van der Waals surface area contributed by atoms with Crippen molar-refractivity contribution in [2.45, 2.75) is 25.6 Å². The molecule has 2 rings (SSSR count). The largest absolute Gasteiger partial charge is 0.478 e. The minimum Gasteiger partial charge on any atom is -0.478 e. The standard InChI is InChI=1S/C19H19F2N3O6/c1-9(25)13-14(18(27)28)15(11-7-5-6-8-12(11)24(29)30)19(21,22-10(2)26)17(16(13)20)23(3)4/h5-8,15H,1-4H3,(H,22,26)(H,27,28). The summed E-state index contributed by atoms with van der Waals surface area (Å²) in [5.74, 6) is -10.7. The number of nitro benzene ring substituents is 1. The molecular formula is C19H19F2N3O6. The Morgan fingerprint density at radius 1 is 1.23 bits per heavy atom. The van der Waals surface area contributed by atoms with Crippen LogP contribution in [0.5, 0.6) is 0 Å². The number of Topliss-reactive ketones (excluding diaryl/α,β-unsaturated/α-hetero) is 1. The van der Waals surface area contributed by atoms with Crippen molar-refractivity contribution in [3.63, 3.8) is 0 Å². The quantitative estimate of drug-likeness (QED) is 0.408. The van der Waals surface area contributed by atoms with E-state index in [0.717, 1.165) is 30.9 Å². The number of benzene rings is 1. The number of alkyl halides is 1. The van der Waals surface area contributed by atoms with Crippen LogP contribution in [0.25, 0.3) is 0 Å². The van der Waals surface area contributed by atoms with E-state index in [2.05, 4.69) is 0 Å². The van der Waals surface area contributed by atoms with Gasteiger partial charge in [0.15, 0.2) is 11.6 Å². The lowest BCUT2D eigenvalue weighted by Crippen LogP contribution is -2.56. The Morgan fingerprint density at radius 3 is 2.23 bits per heavy atom. The number of allylic oxidation sites excluding steroid dienone is 2. The van der Waals surface area contributed by atoms with Crippen LogP contribution in [0.2, 0.25) is 0 Å². The monoisotopic (exact) mass is 423 g/mol. The first-order valence-corrected chi connectivity index (χ1v) is 8.61. The van der Waals surface area contributed by atoms with Crippen molar-refractivity contribution < 1.29 is 33.2 Å². The molecule has 0 heterocycles. The summed E-state index contributed by atoms with van der Waals surface area (Å²) in [5.41, 5.74) is -3.89. The highest BCUT2D eigenvalue weighted by atomic mass is 19.2. The van der Waals surface area contributed by atoms with Gasteiger partial charge in [0.05, 0.1) is 22.0 Å². The lowest BCUT2D eigenvalue weighted by molar-refractivity contribution is -0.385. The maximum atomic E-state index is 16.5. The number of nitrogens with zero attached hydrogens (tertiary/aromatic N) is 2. The Balaban J connectivity index is 3.10. The van der Waals surface area contributed by atoms with Crippen molar-refractivity contribution in [2.24, 2.45) is 0 Å². The minimum atomic E-state index is -3.24. The van der Waals surface area contributed by atoms with Gasteiger partial charge in [0.25, 0.3) is 5.69 Å². The second kappa shape index (κ2) is 8.01. The molecule has 2 unspecified atom stereocenters. The van der Waals surface area contributed by atoms with Gasteiger partial charge >= 0.3 is 5.97 Å². The van der Waals surface area contributed by atoms with E-state index >= 15 is 8.78 Å². The van der Waals surface area contributed by atoms with Crippen molar-refractivity contribution in [3.8, 4) is 0 Å². The Kier molecular flexibility index (Phi) is 6.05. The Morgan fingerprint density at radius 2 is 1.80 bits per heavy atom. The van der Waals surface area contributed by atoms with Crippen LogP contribution in [0.15, 0.2) is 46.9 Å². The molecule has 2 N–H and O–H groups in total. The fraction of sp³-hybridized carbons (Fsp3) is 0.316. The molecule has 0 aliphatic heterocycles. The van der Waals surface area contributed by atoms with Gasteiger partial charge in [-0.3, -0.25) is 19.7 Å². The highest BCUT2D eigenvalue weighted by Crippen LogP contribution is 2.51. The number of carbonyl (C=O) groups excluding carboxylic acids is 2. The van der Waals surface area contributed by atoms with Crippen LogP contribution in [0.3, 0.4) is 0 Å². The molecule has 0 bridgehead atoms. The third-order valence-corrected chi connectivity index (χ3v) is 4.56. The molecule has 0 fully saturated rings. The number of aliphatic carboxylic acids is 1. The molecule has 0 aromatic heterocycles. The normalized spacial score (nSPS) is 21.3. The van der Waals surface area contributed by atoms with Crippen molar-refractivity contribution in [1.82, 2.24) is 10.2 Å². The van der Waals surface area contributed by atoms with E-state index in [1.807, 2.05) is 5.32 Å². The number of rotatable bonds is 6. The summed E-state index contributed by atoms with van der Waals surface area (Å²) in [5, 5.41) is 23.2. The van der Waals surface area contributed by atoms with E-state index in [1.54, 1.807) is 0 Å². The molecule has 30 heavy (non-hydrogen) atoms. The summed E-state index contributed by atoms with van der Waals surface area (Å²) in [4.78, 5) is 47.6. The number of amides is 1. The number of nitro groups is 1. The Hall–Kier alpha value is -3.63. The molecule has 1 aromatic carbocycles. The van der Waals surface area contributed by atoms with E-state index < -0.39 is 68.2 Å². The zero-order chi connectivity index (χ0) is 23.0. The van der Waals surface area contributed by atoms with E-state index in [9.17, 15) is 29.6 Å². The van der Waals surface area contributed by atoms with Gasteiger partial charge in [-0.05, 0) is 6.92 Å². The maximum absolute atomic E-state index is 16.5. The number of halogens is 2. The minimum absolute atomic E-state index is 0.443. The lowest BCUT2D eigenvalue weighted by atomic mass is 9.73. The molecule has 0 saturated carbocycles. The summed E-state index contributed by atoms with van der Waals surface area (Å²) in [6.45, 7) is 1.82. The van der Waals surface area contributed by atoms with Crippen LogP contribution in [0, 0.1) is 10.1 Å². The van der Waals surface area contributed by atoms with Crippen LogP contribution in [0.4, 0.5) is 14.5 Å². The van der Waals surface area contributed by atoms with Gasteiger partial charge in [-0.15, -0.1) is 0 Å². The van der Waals surface area contributed by atoms with E-state index in [1.165, 1.54) is 26.2 Å². The molecule has 9 nitrogen and oxygen atoms in total. The average molecular weight is 423 g/mol. The van der Waals surface area contributed by atoms with Gasteiger partial charge in [-0.25, -0.2) is 13.6 Å². The van der Waals surface area contributed by atoms with Crippen molar-refractivity contribution in [3.05, 3.63) is 62.6 Å². The number of nitrogens with one attached hydrogen (secondary N) is 1. The topological polar surface area (TPSA) is 130 Å². The average Bonchev–Trinajstić information content (AvgIpc) is 2.59. The summed E-state index contributed by atoms with van der Waals surface area (Å²) >= 11 is 0. The first-order chi connectivity index (χ1) is 13.8. The van der Waals surface area contributed by atoms with Gasteiger partial charge in [0.2, 0.25) is 11.7 Å². The molecular weight excluding hydrogens is 404 g/mol. The molecule has 1 aliphatic carbocycles. The molecule has 11 heteroatoms. The Bertz CT molecular complexity index is 1020. The number of carbonyl (C=O) groups is 3. The SMILES string of the molecule is CC(=O)NC1(F)C(N(C)C)=C(F)C(C(C)=O)=C(C(=O)O)C1c1ccccc1[N+](=O)[O-]. The van der Waals surface area contributed by atoms with Crippen molar-refractivity contribution >= 4 is 23.3 Å². The first-order valence-electron chi connectivity index (χ1n) is 8.61. The number of carboxylic acids is 1. The predicted molar refractivity (Wildman–Crippen MR) is 101 cm³/mol. The molecule has 0 radical (unpaired) electrons. The molecule has 160 valence electrons. The van der Waals surface area contributed by atoms with Crippen molar-refractivity contribution in [1.29, 1.82) is 0 Å². The number of carboxylic acid groups (broad SMARTS) is 1. The van der Waals surface area contributed by atoms with Crippen LogP contribution in [0.1, 0.15) is 25.3 Å². The third kappa shape index (κ3) is 3.65. The summed E-state index contributed by atoms with van der Waals surface area (Å²) in [7, 11) is 2.45. The van der Waals surface area contributed by atoms with Crippen LogP contribution in [-0.4, -0.2) is 52.5 Å². The summed E-state index contributed by atoms with van der Waals surface area (Å²) in [6, 6.07) is 4.69. The first kappa shape index (κ1) is 22.7. The van der Waals surface area contributed by atoms with Gasteiger partial charge in [0, 0.05) is 32.6 Å². The van der Waals surface area contributed by atoms with E-state index in [-0.39, 0.29) is 0 Å². The van der Waals surface area contributed by atoms with Crippen molar-refractivity contribution in [2.75, 3.05) is 14.1 Å². The molecule has 1 aliphatic rings. The summed E-state index contributed by atoms with van der Waals surface area (Å²) in [6.07, 6.45) is 0. The van der Waals surface area contributed by atoms with Gasteiger partial charge in [0.1, 0.15) is 5.70 Å². The molecule has 1 aromatic rings. The highest BCUT2D eigenvalue weighted by molar-refractivity contribution is 6.07. The van der Waals surface area contributed by atoms with Crippen LogP contribution < -0.4 is 5.32 Å². The molecule has 0 spiro atoms. The fourth-order valence-electron chi connectivity index (χ4n) is 3.63. The maximum Gasteiger partial charge on any atom is 0.333 e. The van der Waals surface area contributed by atoms with Gasteiger partial charge < -0.3 is 15.3 Å². The molecule has 1 amide bonds. The van der Waals surface area contributed by atoms with Gasteiger partial charge in [-0.2, -0.15) is 0 Å². The smallest absolute Gasteiger partial charge is 0.333 e. The molecule has 0 saturated heterocycles. The zero-order valence-electron chi connectivity index (χ0n) is 16.5. The number of ketones is 1. The second-order valence-corrected chi connectivity index (χ2v) is 6.85. The lowest BCUT2D eigenvalue weighted by Gasteiger charge is -2.42. The third-order valence-electron chi connectivity index (χ3n) is 4.56. The van der Waals surface area contributed by atoms with Crippen LogP contribution in [-0.2, 0) is 14.4 Å².